The molecule has 3 aromatic carbocycles. The molecular formula is C25H15Cl2F3O5. The van der Waals surface area contributed by atoms with Gasteiger partial charge in [0.05, 0.1) is 16.0 Å². The Bertz CT molecular complexity index is 1480. The van der Waals surface area contributed by atoms with Gasteiger partial charge < -0.3 is 13.9 Å². The molecule has 180 valence electrons. The summed E-state index contributed by atoms with van der Waals surface area (Å²) in [6, 6.07) is 13.8. The first kappa shape index (κ1) is 24.6. The predicted molar refractivity (Wildman–Crippen MR) is 125 cm³/mol. The quantitative estimate of drug-likeness (QED) is 0.198. The largest absolute Gasteiger partial charge is 0.453 e. The van der Waals surface area contributed by atoms with E-state index in [2.05, 4.69) is 0 Å². The van der Waals surface area contributed by atoms with Crippen LogP contribution in [-0.4, -0.2) is 5.97 Å². The highest BCUT2D eigenvalue weighted by molar-refractivity contribution is 6.36. The molecule has 0 unspecified atom stereocenters. The average molecular weight is 523 g/mol. The van der Waals surface area contributed by atoms with Gasteiger partial charge in [0, 0.05) is 11.1 Å². The van der Waals surface area contributed by atoms with Crippen LogP contribution in [0, 0.1) is 0 Å². The van der Waals surface area contributed by atoms with Crippen LogP contribution in [0.2, 0.25) is 10.0 Å². The van der Waals surface area contributed by atoms with Crippen LogP contribution in [0.5, 0.6) is 17.2 Å². The van der Waals surface area contributed by atoms with E-state index in [1.807, 2.05) is 6.92 Å². The standard InChI is InChI=1S/C25H15Cl2F3O5/c1-2-13-3-6-15(7-4-13)33-22-21(31)18-10-8-16(12-20(18)35-23(22)25(28,29)30)34-24(32)17-9-5-14(26)11-19(17)27/h3-12H,2H2,1H3. The molecule has 0 radical (unpaired) electrons. The fraction of sp³-hybridized carbons (Fsp3) is 0.120. The van der Waals surface area contributed by atoms with Crippen LogP contribution in [0.3, 0.4) is 0 Å². The van der Waals surface area contributed by atoms with Crippen LogP contribution in [-0.2, 0) is 12.6 Å². The van der Waals surface area contributed by atoms with Gasteiger partial charge in [-0.25, -0.2) is 4.79 Å². The smallest absolute Gasteiger partial charge is 0.449 e. The molecule has 10 heteroatoms. The first-order chi connectivity index (χ1) is 16.6. The summed E-state index contributed by atoms with van der Waals surface area (Å²) in [6.07, 6.45) is -4.31. The lowest BCUT2D eigenvalue weighted by atomic mass is 10.1. The first-order valence-electron chi connectivity index (χ1n) is 10.2. The predicted octanol–water partition coefficient (Wildman–Crippen LogP) is 7.69. The van der Waals surface area contributed by atoms with Crippen molar-refractivity contribution in [2.24, 2.45) is 0 Å². The van der Waals surface area contributed by atoms with Crippen LogP contribution >= 0.6 is 23.2 Å². The Labute approximate surface area is 206 Å². The molecule has 5 nitrogen and oxygen atoms in total. The molecule has 35 heavy (non-hydrogen) atoms. The van der Waals surface area contributed by atoms with E-state index in [0.717, 1.165) is 18.1 Å². The van der Waals surface area contributed by atoms with E-state index in [1.165, 1.54) is 42.5 Å². The number of rotatable bonds is 5. The zero-order chi connectivity index (χ0) is 25.3. The maximum absolute atomic E-state index is 13.8. The number of halogens is 5. The van der Waals surface area contributed by atoms with Crippen LogP contribution in [0.1, 0.15) is 28.6 Å². The number of ether oxygens (including phenoxy) is 2. The van der Waals surface area contributed by atoms with E-state index in [4.69, 9.17) is 37.1 Å². The number of hydrogen-bond donors (Lipinski definition) is 0. The summed E-state index contributed by atoms with van der Waals surface area (Å²) in [6.45, 7) is 1.92. The highest BCUT2D eigenvalue weighted by atomic mass is 35.5. The zero-order valence-corrected chi connectivity index (χ0v) is 19.4. The Morgan fingerprint density at radius 3 is 2.29 bits per heavy atom. The molecule has 1 heterocycles. The Morgan fingerprint density at radius 2 is 1.66 bits per heavy atom. The summed E-state index contributed by atoms with van der Waals surface area (Å²) < 4.78 is 56.8. The Balaban J connectivity index is 1.73. The van der Waals surface area contributed by atoms with Gasteiger partial charge in [-0.2, -0.15) is 13.2 Å². The molecule has 0 bridgehead atoms. The van der Waals surface area contributed by atoms with Crippen LogP contribution in [0.25, 0.3) is 11.0 Å². The van der Waals surface area contributed by atoms with Gasteiger partial charge >= 0.3 is 12.1 Å². The number of alkyl halides is 3. The molecule has 0 spiro atoms. The van der Waals surface area contributed by atoms with E-state index < -0.39 is 34.7 Å². The molecule has 4 rings (SSSR count). The van der Waals surface area contributed by atoms with Crippen molar-refractivity contribution in [3.8, 4) is 17.2 Å². The molecule has 0 aliphatic rings. The maximum atomic E-state index is 13.8. The fourth-order valence-electron chi connectivity index (χ4n) is 3.23. The first-order valence-corrected chi connectivity index (χ1v) is 10.9. The molecule has 0 aliphatic heterocycles. The highest BCUT2D eigenvalue weighted by Crippen LogP contribution is 2.38. The molecular weight excluding hydrogens is 508 g/mol. The van der Waals surface area contributed by atoms with Crippen LogP contribution in [0.15, 0.2) is 69.9 Å². The third kappa shape index (κ3) is 5.28. The van der Waals surface area contributed by atoms with Crippen molar-refractivity contribution in [3.05, 3.63) is 97.8 Å². The van der Waals surface area contributed by atoms with Crippen molar-refractivity contribution in [1.82, 2.24) is 0 Å². The van der Waals surface area contributed by atoms with E-state index in [-0.39, 0.29) is 27.5 Å². The SMILES string of the molecule is CCc1ccc(Oc2c(C(F)(F)F)oc3cc(OC(=O)c4ccc(Cl)cc4Cl)ccc3c2=O)cc1. The minimum Gasteiger partial charge on any atom is -0.449 e. The van der Waals surface area contributed by atoms with Crippen molar-refractivity contribution in [1.29, 1.82) is 0 Å². The van der Waals surface area contributed by atoms with Crippen molar-refractivity contribution in [2.75, 3.05) is 0 Å². The second-order valence-corrected chi connectivity index (χ2v) is 8.20. The number of benzene rings is 3. The molecule has 0 aliphatic carbocycles. The summed E-state index contributed by atoms with van der Waals surface area (Å²) in [5.74, 6) is -3.59. The summed E-state index contributed by atoms with van der Waals surface area (Å²) in [5, 5.41) is 0.142. The second-order valence-electron chi connectivity index (χ2n) is 7.36. The minimum absolute atomic E-state index is 0.00793. The topological polar surface area (TPSA) is 65.7 Å². The summed E-state index contributed by atoms with van der Waals surface area (Å²) in [7, 11) is 0. The third-order valence-corrected chi connectivity index (χ3v) is 5.54. The number of carbonyl (C=O) groups is 1. The monoisotopic (exact) mass is 522 g/mol. The summed E-state index contributed by atoms with van der Waals surface area (Å²) in [4.78, 5) is 25.4. The van der Waals surface area contributed by atoms with E-state index in [1.54, 1.807) is 12.1 Å². The lowest BCUT2D eigenvalue weighted by Gasteiger charge is -2.14. The molecule has 4 aromatic rings. The molecule has 0 N–H and O–H groups in total. The molecule has 1 aromatic heterocycles. The number of aryl methyl sites for hydroxylation is 1. The van der Waals surface area contributed by atoms with E-state index in [0.29, 0.717) is 5.02 Å². The van der Waals surface area contributed by atoms with Gasteiger partial charge in [-0.1, -0.05) is 42.3 Å². The molecule has 0 atom stereocenters. The van der Waals surface area contributed by atoms with Gasteiger partial charge in [0.1, 0.15) is 17.1 Å². The molecule has 0 saturated heterocycles. The highest BCUT2D eigenvalue weighted by Gasteiger charge is 2.40. The van der Waals surface area contributed by atoms with Crippen molar-refractivity contribution >= 4 is 40.1 Å². The number of fused-ring (bicyclic) bond motifs is 1. The maximum Gasteiger partial charge on any atom is 0.453 e. The number of esters is 1. The molecule has 0 fully saturated rings. The van der Waals surface area contributed by atoms with Crippen molar-refractivity contribution in [2.45, 2.75) is 19.5 Å². The van der Waals surface area contributed by atoms with Gasteiger partial charge in [0.25, 0.3) is 5.76 Å². The van der Waals surface area contributed by atoms with Crippen molar-refractivity contribution < 1.29 is 31.9 Å². The lowest BCUT2D eigenvalue weighted by Crippen LogP contribution is -2.15. The Kier molecular flexibility index (Phi) is 6.78. The van der Waals surface area contributed by atoms with E-state index in [9.17, 15) is 22.8 Å². The fourth-order valence-corrected chi connectivity index (χ4v) is 3.71. The molecule has 0 amide bonds. The summed E-state index contributed by atoms with van der Waals surface area (Å²) >= 11 is 11.8. The van der Waals surface area contributed by atoms with Gasteiger partial charge in [-0.3, -0.25) is 4.79 Å². The van der Waals surface area contributed by atoms with E-state index >= 15 is 0 Å². The second kappa shape index (κ2) is 9.64. The minimum atomic E-state index is -5.03. The van der Waals surface area contributed by atoms with Gasteiger partial charge in [-0.05, 0) is 54.4 Å². The summed E-state index contributed by atoms with van der Waals surface area (Å²) in [5.41, 5.74) is -0.535. The van der Waals surface area contributed by atoms with Crippen LogP contribution in [0.4, 0.5) is 13.2 Å². The Morgan fingerprint density at radius 1 is 0.971 bits per heavy atom. The zero-order valence-electron chi connectivity index (χ0n) is 17.9. The Hall–Kier alpha value is -3.49. The van der Waals surface area contributed by atoms with Crippen molar-refractivity contribution in [3.63, 3.8) is 0 Å². The number of carbonyl (C=O) groups excluding carboxylic acids is 1. The van der Waals surface area contributed by atoms with Gasteiger partial charge in [0.2, 0.25) is 11.2 Å². The number of hydrogen-bond acceptors (Lipinski definition) is 5. The van der Waals surface area contributed by atoms with Crippen LogP contribution < -0.4 is 14.9 Å². The average Bonchev–Trinajstić information content (AvgIpc) is 2.80. The van der Waals surface area contributed by atoms with Gasteiger partial charge in [0.15, 0.2) is 0 Å². The normalized spacial score (nSPS) is 11.5. The van der Waals surface area contributed by atoms with Gasteiger partial charge in [-0.15, -0.1) is 0 Å². The molecule has 0 saturated carbocycles. The third-order valence-electron chi connectivity index (χ3n) is 4.99. The lowest BCUT2D eigenvalue weighted by molar-refractivity contribution is -0.154.